The van der Waals surface area contributed by atoms with E-state index in [0.29, 0.717) is 132 Å². The smallest absolute Gasteiger partial charge is 0.305 e. The second-order valence-corrected chi connectivity index (χ2v) is 12.0. The summed E-state index contributed by atoms with van der Waals surface area (Å²) < 4.78 is 61.3. The second-order valence-electron chi connectivity index (χ2n) is 11.0. The first-order valence-electron chi connectivity index (χ1n) is 18.3. The molecule has 0 aliphatic rings. The van der Waals surface area contributed by atoms with Crippen molar-refractivity contribution in [1.29, 1.82) is 0 Å². The second kappa shape index (κ2) is 44.8. The third kappa shape index (κ3) is 43.8. The highest BCUT2D eigenvalue weighted by Gasteiger charge is 2.02. The highest BCUT2D eigenvalue weighted by molar-refractivity contribution is 14.1. The van der Waals surface area contributed by atoms with Crippen LogP contribution in [-0.2, 0) is 56.9 Å². The Hall–Kier alpha value is -0.200. The highest BCUT2D eigenvalue weighted by Crippen LogP contribution is 2.07. The number of ether oxygens (including phenoxy) is 11. The molecule has 288 valence electrons. The van der Waals surface area contributed by atoms with E-state index in [4.69, 9.17) is 52.1 Å². The Bertz CT molecular complexity index is 606. The Labute approximate surface area is 305 Å². The van der Waals surface area contributed by atoms with Crippen LogP contribution in [0.4, 0.5) is 0 Å². The van der Waals surface area contributed by atoms with Crippen LogP contribution >= 0.6 is 22.6 Å². The first kappa shape index (κ1) is 47.8. The van der Waals surface area contributed by atoms with Crippen LogP contribution in [0.15, 0.2) is 0 Å². The minimum absolute atomic E-state index is 0.141. The van der Waals surface area contributed by atoms with Gasteiger partial charge in [-0.1, -0.05) is 74.5 Å². The molecular formula is C35H69IO12. The number of esters is 1. The summed E-state index contributed by atoms with van der Waals surface area (Å²) in [7, 11) is 0. The molecule has 0 aromatic heterocycles. The standard InChI is InChI=1S/C35H69IO12/c1-2-3-4-5-6-9-12-35(37)48-34-33-47-32-31-46-30-29-45-28-27-44-26-25-43-24-23-42-22-21-41-20-19-40-18-17-39-16-15-38-14-11-8-7-10-13-36/h2-34H2,1H3. The molecule has 0 saturated heterocycles. The number of hydrogen-bond acceptors (Lipinski definition) is 12. The molecular weight excluding hydrogens is 739 g/mol. The summed E-state index contributed by atoms with van der Waals surface area (Å²) in [5.41, 5.74) is 0. The summed E-state index contributed by atoms with van der Waals surface area (Å²) in [6.45, 7) is 13.1. The molecule has 0 atom stereocenters. The molecule has 0 radical (unpaired) electrons. The summed E-state index contributed by atoms with van der Waals surface area (Å²) in [6.07, 6.45) is 12.4. The van der Waals surface area contributed by atoms with Crippen LogP contribution < -0.4 is 0 Å². The summed E-state index contributed by atoms with van der Waals surface area (Å²) in [5.74, 6) is -0.141. The van der Waals surface area contributed by atoms with Crippen molar-refractivity contribution < 1.29 is 56.9 Å². The van der Waals surface area contributed by atoms with Crippen molar-refractivity contribution in [3.05, 3.63) is 0 Å². The van der Waals surface area contributed by atoms with E-state index in [2.05, 4.69) is 29.5 Å². The molecule has 0 unspecified atom stereocenters. The van der Waals surface area contributed by atoms with Crippen LogP contribution in [0.1, 0.15) is 77.6 Å². The van der Waals surface area contributed by atoms with Crippen molar-refractivity contribution in [1.82, 2.24) is 0 Å². The van der Waals surface area contributed by atoms with Crippen molar-refractivity contribution in [2.75, 3.05) is 143 Å². The number of hydrogen-bond donors (Lipinski definition) is 0. The molecule has 0 aromatic carbocycles. The van der Waals surface area contributed by atoms with E-state index in [9.17, 15) is 4.79 Å². The fraction of sp³-hybridized carbons (Fsp3) is 0.971. The molecule has 0 aliphatic carbocycles. The lowest BCUT2D eigenvalue weighted by molar-refractivity contribution is -0.145. The maximum atomic E-state index is 11.7. The molecule has 13 heteroatoms. The van der Waals surface area contributed by atoms with Gasteiger partial charge in [-0.3, -0.25) is 4.79 Å². The predicted molar refractivity (Wildman–Crippen MR) is 194 cm³/mol. The minimum Gasteiger partial charge on any atom is -0.463 e. The van der Waals surface area contributed by atoms with E-state index in [1.807, 2.05) is 0 Å². The zero-order chi connectivity index (χ0) is 34.7. The monoisotopic (exact) mass is 808 g/mol. The van der Waals surface area contributed by atoms with Gasteiger partial charge in [-0.2, -0.15) is 0 Å². The molecule has 0 aliphatic heterocycles. The Balaban J connectivity index is 3.09. The van der Waals surface area contributed by atoms with Gasteiger partial charge in [0.15, 0.2) is 0 Å². The fourth-order valence-electron chi connectivity index (χ4n) is 4.07. The molecule has 0 fully saturated rings. The van der Waals surface area contributed by atoms with Crippen LogP contribution in [0, 0.1) is 0 Å². The average molecular weight is 809 g/mol. The maximum Gasteiger partial charge on any atom is 0.305 e. The predicted octanol–water partition coefficient (Wildman–Crippen LogP) is 5.44. The van der Waals surface area contributed by atoms with Crippen molar-refractivity contribution >= 4 is 28.6 Å². The van der Waals surface area contributed by atoms with Crippen molar-refractivity contribution in [3.63, 3.8) is 0 Å². The zero-order valence-electron chi connectivity index (χ0n) is 30.1. The molecule has 48 heavy (non-hydrogen) atoms. The number of unbranched alkanes of at least 4 members (excludes halogenated alkanes) is 8. The van der Waals surface area contributed by atoms with E-state index >= 15 is 0 Å². The molecule has 0 bridgehead atoms. The Kier molecular flexibility index (Phi) is 44.6. The summed E-state index contributed by atoms with van der Waals surface area (Å²) in [6, 6.07) is 0. The van der Waals surface area contributed by atoms with E-state index in [1.54, 1.807) is 0 Å². The number of carbonyl (C=O) groups is 1. The molecule has 0 heterocycles. The summed E-state index contributed by atoms with van der Waals surface area (Å²) in [4.78, 5) is 11.7. The minimum atomic E-state index is -0.141. The lowest BCUT2D eigenvalue weighted by atomic mass is 10.1. The van der Waals surface area contributed by atoms with Crippen molar-refractivity contribution in [2.24, 2.45) is 0 Å². The van der Waals surface area contributed by atoms with Gasteiger partial charge in [0, 0.05) is 13.0 Å². The molecule has 0 amide bonds. The zero-order valence-corrected chi connectivity index (χ0v) is 32.3. The van der Waals surface area contributed by atoms with Crippen LogP contribution in [0.5, 0.6) is 0 Å². The fourth-order valence-corrected chi connectivity index (χ4v) is 4.61. The topological polar surface area (TPSA) is 119 Å². The first-order chi connectivity index (χ1) is 23.8. The number of carbonyl (C=O) groups excluding carboxylic acids is 1. The van der Waals surface area contributed by atoms with Gasteiger partial charge in [0.25, 0.3) is 0 Å². The van der Waals surface area contributed by atoms with Gasteiger partial charge in [-0.05, 0) is 23.7 Å². The molecule has 0 spiro atoms. The number of rotatable bonds is 43. The van der Waals surface area contributed by atoms with Crippen LogP contribution in [0.25, 0.3) is 0 Å². The Morgan fingerprint density at radius 1 is 0.354 bits per heavy atom. The van der Waals surface area contributed by atoms with E-state index in [0.717, 1.165) is 25.9 Å². The van der Waals surface area contributed by atoms with Gasteiger partial charge >= 0.3 is 5.97 Å². The highest BCUT2D eigenvalue weighted by atomic mass is 127. The summed E-state index contributed by atoms with van der Waals surface area (Å²) >= 11 is 2.42. The SMILES string of the molecule is CCCCCCCCC(=O)OCCOCCOCCOCCOCCOCCOCCOCCOCCOCCOCCCCCCI. The number of halogens is 1. The third-order valence-electron chi connectivity index (χ3n) is 6.75. The first-order valence-corrected chi connectivity index (χ1v) is 19.8. The van der Waals surface area contributed by atoms with Gasteiger partial charge in [-0.25, -0.2) is 0 Å². The molecule has 0 N–H and O–H groups in total. The lowest BCUT2D eigenvalue weighted by Gasteiger charge is -2.09. The van der Waals surface area contributed by atoms with Crippen LogP contribution in [0.3, 0.4) is 0 Å². The van der Waals surface area contributed by atoms with Crippen molar-refractivity contribution in [2.45, 2.75) is 77.6 Å². The van der Waals surface area contributed by atoms with Crippen molar-refractivity contribution in [3.8, 4) is 0 Å². The normalized spacial score (nSPS) is 11.5. The molecule has 0 rings (SSSR count). The number of alkyl halides is 1. The summed E-state index contributed by atoms with van der Waals surface area (Å²) in [5, 5.41) is 0. The average Bonchev–Trinajstić information content (AvgIpc) is 3.09. The van der Waals surface area contributed by atoms with Crippen LogP contribution in [0.2, 0.25) is 0 Å². The van der Waals surface area contributed by atoms with E-state index in [-0.39, 0.29) is 12.6 Å². The molecule has 12 nitrogen and oxygen atoms in total. The Morgan fingerprint density at radius 3 is 1.02 bits per heavy atom. The van der Waals surface area contributed by atoms with Gasteiger partial charge < -0.3 is 52.1 Å². The molecule has 0 aromatic rings. The van der Waals surface area contributed by atoms with Gasteiger partial charge in [0.2, 0.25) is 0 Å². The maximum absolute atomic E-state index is 11.7. The third-order valence-corrected chi connectivity index (χ3v) is 7.51. The largest absolute Gasteiger partial charge is 0.463 e. The van der Waals surface area contributed by atoms with Gasteiger partial charge in [-0.15, -0.1) is 0 Å². The van der Waals surface area contributed by atoms with Crippen LogP contribution in [-0.4, -0.2) is 149 Å². The lowest BCUT2D eigenvalue weighted by Crippen LogP contribution is -2.15. The van der Waals surface area contributed by atoms with E-state index in [1.165, 1.54) is 49.4 Å². The quantitative estimate of drug-likeness (QED) is 0.0338. The van der Waals surface area contributed by atoms with Gasteiger partial charge in [0.05, 0.1) is 126 Å². The van der Waals surface area contributed by atoms with E-state index < -0.39 is 0 Å². The Morgan fingerprint density at radius 2 is 0.646 bits per heavy atom. The van der Waals surface area contributed by atoms with Gasteiger partial charge in [0.1, 0.15) is 6.61 Å². The molecule has 0 saturated carbocycles.